The van der Waals surface area contributed by atoms with Gasteiger partial charge in [-0.15, -0.1) is 0 Å². The molecule has 2 nitrogen and oxygen atoms in total. The molecule has 0 amide bonds. The van der Waals surface area contributed by atoms with Crippen molar-refractivity contribution in [1.82, 2.24) is 0 Å². The van der Waals surface area contributed by atoms with Crippen LogP contribution in [-0.2, 0) is 0 Å². The van der Waals surface area contributed by atoms with Crippen LogP contribution in [0.2, 0.25) is 0 Å². The Labute approximate surface area is 402 Å². The summed E-state index contributed by atoms with van der Waals surface area (Å²) >= 11 is 0. The second-order valence-corrected chi connectivity index (χ2v) is 21.8. The van der Waals surface area contributed by atoms with Gasteiger partial charge in [0.1, 0.15) is 11.2 Å². The molecule has 1 heterocycles. The third-order valence-electron chi connectivity index (χ3n) is 14.2. The van der Waals surface area contributed by atoms with Crippen molar-refractivity contribution in [3.05, 3.63) is 273 Å². The van der Waals surface area contributed by atoms with E-state index in [0.717, 1.165) is 49.8 Å². The Balaban J connectivity index is 0.997. The summed E-state index contributed by atoms with van der Waals surface area (Å²) in [6, 6.07) is 100. The van der Waals surface area contributed by atoms with Crippen molar-refractivity contribution in [2.75, 3.05) is 4.90 Å². The minimum Gasteiger partial charge on any atom is -0.455 e. The molecule has 3 heteroatoms. The number of furan rings is 1. The molecule has 0 atom stereocenters. The van der Waals surface area contributed by atoms with E-state index in [4.69, 9.17) is 4.42 Å². The van der Waals surface area contributed by atoms with Gasteiger partial charge in [0, 0.05) is 22.1 Å². The predicted octanol–water partition coefficient (Wildman–Crippen LogP) is 15.2. The summed E-state index contributed by atoms with van der Waals surface area (Å²) in [5, 5.41) is 14.8. The summed E-state index contributed by atoms with van der Waals surface area (Å²) in [4.78, 5) is 2.43. The van der Waals surface area contributed by atoms with Crippen molar-refractivity contribution in [3.63, 3.8) is 0 Å². The first kappa shape index (κ1) is 40.5. The van der Waals surface area contributed by atoms with Crippen molar-refractivity contribution >= 4 is 100 Å². The van der Waals surface area contributed by atoms with Crippen LogP contribution in [0.4, 0.5) is 17.1 Å². The highest BCUT2D eigenvalue weighted by Gasteiger charge is 2.41. The van der Waals surface area contributed by atoms with E-state index in [1.165, 1.54) is 64.5 Å². The third-order valence-corrected chi connectivity index (χ3v) is 18.9. The van der Waals surface area contributed by atoms with Crippen LogP contribution in [0.15, 0.2) is 277 Å². The zero-order valence-electron chi connectivity index (χ0n) is 37.8. The first-order valence-corrected chi connectivity index (χ1v) is 25.7. The molecule has 324 valence electrons. The summed E-state index contributed by atoms with van der Waals surface area (Å²) in [6.45, 7) is 0. The molecule has 0 radical (unpaired) electrons. The SMILES string of the molecule is c1ccc(-c2ccccc2-c2ccc(N(c3ccc4c(ccc5cc([Si](c6ccccc6)(c6ccccc6)c6ccccc6)ccc54)c3)c3cc4ccccc4c4oc5ccccc5c34)cc2)cc1. The Morgan fingerprint density at radius 1 is 0.304 bits per heavy atom. The number of rotatable bonds is 9. The smallest absolute Gasteiger partial charge is 0.179 e. The lowest BCUT2D eigenvalue weighted by Gasteiger charge is -2.34. The second kappa shape index (κ2) is 16.8. The van der Waals surface area contributed by atoms with Gasteiger partial charge in [-0.1, -0.05) is 237 Å². The molecule has 0 spiro atoms. The number of hydrogen-bond donors (Lipinski definition) is 0. The molecule has 0 aliphatic heterocycles. The number of para-hydroxylation sites is 1. The average Bonchev–Trinajstić information content (AvgIpc) is 3.83. The summed E-state index contributed by atoms with van der Waals surface area (Å²) in [6.07, 6.45) is 0. The van der Waals surface area contributed by atoms with Gasteiger partial charge in [-0.05, 0) is 106 Å². The average molecular weight is 896 g/mol. The fourth-order valence-corrected chi connectivity index (χ4v) is 15.8. The van der Waals surface area contributed by atoms with Crippen LogP contribution in [0.3, 0.4) is 0 Å². The molecular weight excluding hydrogens is 851 g/mol. The van der Waals surface area contributed by atoms with E-state index in [1.807, 2.05) is 0 Å². The second-order valence-electron chi connectivity index (χ2n) is 18.0. The lowest BCUT2D eigenvalue weighted by atomic mass is 9.94. The third kappa shape index (κ3) is 6.78. The van der Waals surface area contributed by atoms with Crippen LogP contribution in [-0.4, -0.2) is 8.07 Å². The molecule has 0 unspecified atom stereocenters. The van der Waals surface area contributed by atoms with E-state index in [1.54, 1.807) is 0 Å². The minimum atomic E-state index is -2.70. The largest absolute Gasteiger partial charge is 0.455 e. The van der Waals surface area contributed by atoms with Crippen molar-refractivity contribution in [2.24, 2.45) is 0 Å². The molecule has 0 N–H and O–H groups in total. The number of fused-ring (bicyclic) bond motifs is 8. The molecule has 1 aromatic heterocycles. The monoisotopic (exact) mass is 895 g/mol. The molecule has 69 heavy (non-hydrogen) atoms. The molecule has 0 bridgehead atoms. The molecule has 0 saturated heterocycles. The fraction of sp³-hybridized carbons (Fsp3) is 0. The van der Waals surface area contributed by atoms with E-state index < -0.39 is 8.07 Å². The maximum atomic E-state index is 6.77. The van der Waals surface area contributed by atoms with Gasteiger partial charge in [-0.3, -0.25) is 0 Å². The summed E-state index contributed by atoms with van der Waals surface area (Å²) in [5.41, 5.74) is 9.76. The van der Waals surface area contributed by atoms with E-state index in [-0.39, 0.29) is 0 Å². The number of anilines is 3. The fourth-order valence-electron chi connectivity index (χ4n) is 11.0. The molecule has 0 aliphatic carbocycles. The first-order valence-electron chi connectivity index (χ1n) is 23.7. The van der Waals surface area contributed by atoms with Gasteiger partial charge >= 0.3 is 0 Å². The topological polar surface area (TPSA) is 16.4 Å². The zero-order valence-corrected chi connectivity index (χ0v) is 38.8. The highest BCUT2D eigenvalue weighted by atomic mass is 28.3. The molecular formula is C66H45NOSi. The summed E-state index contributed by atoms with van der Waals surface area (Å²) < 4.78 is 6.77. The van der Waals surface area contributed by atoms with Crippen molar-refractivity contribution in [2.45, 2.75) is 0 Å². The van der Waals surface area contributed by atoms with Gasteiger partial charge in [-0.2, -0.15) is 0 Å². The highest BCUT2D eigenvalue weighted by molar-refractivity contribution is 7.20. The molecule has 12 aromatic carbocycles. The number of hydrogen-bond acceptors (Lipinski definition) is 2. The Hall–Kier alpha value is -8.76. The quantitative estimate of drug-likeness (QED) is 0.0815. The van der Waals surface area contributed by atoms with Crippen molar-refractivity contribution in [1.29, 1.82) is 0 Å². The van der Waals surface area contributed by atoms with Crippen LogP contribution >= 0.6 is 0 Å². The Bertz CT molecular complexity index is 3900. The minimum absolute atomic E-state index is 0.876. The van der Waals surface area contributed by atoms with Gasteiger partial charge in [0.2, 0.25) is 0 Å². The van der Waals surface area contributed by atoms with Crippen LogP contribution in [0, 0.1) is 0 Å². The summed E-state index contributed by atoms with van der Waals surface area (Å²) in [5.74, 6) is 0. The maximum Gasteiger partial charge on any atom is 0.179 e. The van der Waals surface area contributed by atoms with E-state index in [9.17, 15) is 0 Å². The lowest BCUT2D eigenvalue weighted by Crippen LogP contribution is -2.74. The first-order chi connectivity index (χ1) is 34.2. The zero-order chi connectivity index (χ0) is 45.7. The Morgan fingerprint density at radius 2 is 0.783 bits per heavy atom. The van der Waals surface area contributed by atoms with Gasteiger partial charge in [-0.25, -0.2) is 0 Å². The van der Waals surface area contributed by atoms with Gasteiger partial charge in [0.05, 0.1) is 11.1 Å². The van der Waals surface area contributed by atoms with Crippen LogP contribution in [0.5, 0.6) is 0 Å². The molecule has 13 aromatic rings. The molecule has 0 aliphatic rings. The number of benzene rings is 12. The molecule has 0 fully saturated rings. The molecule has 0 saturated carbocycles. The normalized spacial score (nSPS) is 11.8. The van der Waals surface area contributed by atoms with Gasteiger partial charge in [0.25, 0.3) is 0 Å². The maximum absolute atomic E-state index is 6.77. The summed E-state index contributed by atoms with van der Waals surface area (Å²) in [7, 11) is -2.70. The van der Waals surface area contributed by atoms with E-state index in [2.05, 4.69) is 278 Å². The standard InChI is InChI=1S/C66H45NOSi/c1-5-19-46(20-6-1)57-28-15-16-29-58(57)47-35-37-51(38-36-47)67(63-45-48-21-13-14-30-61(48)66-65(63)62-31-17-18-32-64(62)68-66)52-39-41-59-49(43-52)33-34-50-44-56(40-42-60(50)59)69(53-22-7-2-8-23-53,54-24-9-3-10-25-54)55-26-11-4-12-27-55/h1-45H. The highest BCUT2D eigenvalue weighted by Crippen LogP contribution is 2.47. The van der Waals surface area contributed by atoms with E-state index in [0.29, 0.717) is 0 Å². The van der Waals surface area contributed by atoms with Gasteiger partial charge in [0.15, 0.2) is 8.07 Å². The lowest BCUT2D eigenvalue weighted by molar-refractivity contribution is 0.672. The molecule has 13 rings (SSSR count). The van der Waals surface area contributed by atoms with E-state index >= 15 is 0 Å². The Kier molecular flexibility index (Phi) is 9.88. The number of nitrogens with zero attached hydrogens (tertiary/aromatic N) is 1. The Morgan fingerprint density at radius 3 is 1.42 bits per heavy atom. The van der Waals surface area contributed by atoms with Crippen molar-refractivity contribution in [3.8, 4) is 22.3 Å². The van der Waals surface area contributed by atoms with Crippen molar-refractivity contribution < 1.29 is 4.42 Å². The van der Waals surface area contributed by atoms with Crippen LogP contribution < -0.4 is 25.6 Å². The predicted molar refractivity (Wildman–Crippen MR) is 295 cm³/mol. The van der Waals surface area contributed by atoms with Crippen LogP contribution in [0.25, 0.3) is 76.5 Å². The van der Waals surface area contributed by atoms with Gasteiger partial charge < -0.3 is 9.32 Å². The van der Waals surface area contributed by atoms with Crippen LogP contribution in [0.1, 0.15) is 0 Å².